The summed E-state index contributed by atoms with van der Waals surface area (Å²) < 4.78 is 10.8. The van der Waals surface area contributed by atoms with Crippen LogP contribution in [0.3, 0.4) is 0 Å². The van der Waals surface area contributed by atoms with E-state index < -0.39 is 0 Å². The van der Waals surface area contributed by atoms with Crippen molar-refractivity contribution in [3.05, 3.63) is 23.8 Å². The van der Waals surface area contributed by atoms with Crippen molar-refractivity contribution in [1.29, 1.82) is 0 Å². The normalized spacial score (nSPS) is 12.5. The number of rotatable bonds is 8. The molecule has 0 aliphatic rings. The number of nitrogens with one attached hydrogen (secondary N) is 1. The number of benzene rings is 1. The summed E-state index contributed by atoms with van der Waals surface area (Å²) in [5, 5.41) is 3.41. The van der Waals surface area contributed by atoms with Gasteiger partial charge in [0.1, 0.15) is 11.5 Å². The van der Waals surface area contributed by atoms with Crippen LogP contribution in [0.5, 0.6) is 11.5 Å². The zero-order chi connectivity index (χ0) is 14.3. The molecule has 0 fully saturated rings. The number of hydrogen-bond donors (Lipinski definition) is 1. The lowest BCUT2D eigenvalue weighted by Crippen LogP contribution is -2.20. The van der Waals surface area contributed by atoms with Gasteiger partial charge in [-0.1, -0.05) is 26.7 Å². The van der Waals surface area contributed by atoms with Gasteiger partial charge in [0.25, 0.3) is 0 Å². The molecule has 0 saturated heterocycles. The summed E-state index contributed by atoms with van der Waals surface area (Å²) in [6.45, 7) is 4.51. The average molecular weight is 265 g/mol. The molecule has 0 saturated carbocycles. The van der Waals surface area contributed by atoms with Gasteiger partial charge in [0, 0.05) is 11.6 Å². The minimum Gasteiger partial charge on any atom is -0.497 e. The van der Waals surface area contributed by atoms with Crippen LogP contribution in [0.2, 0.25) is 0 Å². The van der Waals surface area contributed by atoms with Crippen LogP contribution in [0.4, 0.5) is 0 Å². The predicted molar refractivity (Wildman–Crippen MR) is 80.0 cm³/mol. The first-order valence-electron chi connectivity index (χ1n) is 7.09. The molecule has 0 amide bonds. The van der Waals surface area contributed by atoms with Gasteiger partial charge in [-0.15, -0.1) is 0 Å². The third kappa shape index (κ3) is 4.13. The third-order valence-corrected chi connectivity index (χ3v) is 3.88. The van der Waals surface area contributed by atoms with Gasteiger partial charge >= 0.3 is 0 Å². The fourth-order valence-electron chi connectivity index (χ4n) is 2.47. The van der Waals surface area contributed by atoms with Crippen LogP contribution >= 0.6 is 0 Å². The van der Waals surface area contributed by atoms with Crippen LogP contribution in [0.1, 0.15) is 44.7 Å². The maximum absolute atomic E-state index is 5.48. The molecule has 3 nitrogen and oxygen atoms in total. The van der Waals surface area contributed by atoms with Gasteiger partial charge in [0.05, 0.1) is 14.2 Å². The summed E-state index contributed by atoms with van der Waals surface area (Å²) in [5.41, 5.74) is 1.18. The highest BCUT2D eigenvalue weighted by molar-refractivity contribution is 5.42. The summed E-state index contributed by atoms with van der Waals surface area (Å²) in [5.74, 6) is 2.53. The van der Waals surface area contributed by atoms with Gasteiger partial charge < -0.3 is 14.8 Å². The minimum atomic E-state index is 0.301. The quantitative estimate of drug-likeness (QED) is 0.775. The standard InChI is InChI=1S/C16H27NO2/c1-6-12(7-2)10-15(17-3)14-11-13(18-4)8-9-16(14)19-5/h8-9,11-12,15,17H,6-7,10H2,1-5H3. The zero-order valence-corrected chi connectivity index (χ0v) is 12.8. The molecular formula is C16H27NO2. The molecule has 1 N–H and O–H groups in total. The Balaban J connectivity index is 3.01. The molecule has 108 valence electrons. The molecule has 0 radical (unpaired) electrons. The summed E-state index contributed by atoms with van der Waals surface area (Å²) in [4.78, 5) is 0. The van der Waals surface area contributed by atoms with Crippen LogP contribution in [0, 0.1) is 5.92 Å². The molecule has 0 aliphatic carbocycles. The van der Waals surface area contributed by atoms with Gasteiger partial charge in [0.2, 0.25) is 0 Å². The summed E-state index contributed by atoms with van der Waals surface area (Å²) in [6.07, 6.45) is 3.54. The molecule has 0 spiro atoms. The van der Waals surface area contributed by atoms with E-state index in [-0.39, 0.29) is 0 Å². The molecule has 1 unspecified atom stereocenters. The Morgan fingerprint density at radius 3 is 2.26 bits per heavy atom. The van der Waals surface area contributed by atoms with Gasteiger partial charge in [-0.2, -0.15) is 0 Å². The molecule has 0 heterocycles. The molecule has 0 aromatic heterocycles. The third-order valence-electron chi connectivity index (χ3n) is 3.88. The molecule has 3 heteroatoms. The molecule has 0 bridgehead atoms. The lowest BCUT2D eigenvalue weighted by molar-refractivity contribution is 0.360. The highest BCUT2D eigenvalue weighted by atomic mass is 16.5. The molecule has 0 aliphatic heterocycles. The van der Waals surface area contributed by atoms with Crippen molar-refractivity contribution in [1.82, 2.24) is 5.32 Å². The van der Waals surface area contributed by atoms with Crippen molar-refractivity contribution >= 4 is 0 Å². The second kappa shape index (κ2) is 8.05. The molecule has 1 atom stereocenters. The highest BCUT2D eigenvalue weighted by Gasteiger charge is 2.18. The van der Waals surface area contributed by atoms with E-state index in [0.717, 1.165) is 23.8 Å². The first-order valence-corrected chi connectivity index (χ1v) is 7.09. The lowest BCUT2D eigenvalue weighted by Gasteiger charge is -2.24. The van der Waals surface area contributed by atoms with Crippen molar-refractivity contribution in [3.8, 4) is 11.5 Å². The van der Waals surface area contributed by atoms with Gasteiger partial charge in [-0.05, 0) is 37.6 Å². The van der Waals surface area contributed by atoms with Gasteiger partial charge in [-0.25, -0.2) is 0 Å². The summed E-state index contributed by atoms with van der Waals surface area (Å²) in [7, 11) is 5.42. The van der Waals surface area contributed by atoms with Gasteiger partial charge in [0.15, 0.2) is 0 Å². The average Bonchev–Trinajstić information content (AvgIpc) is 2.48. The van der Waals surface area contributed by atoms with E-state index in [1.54, 1.807) is 14.2 Å². The Labute approximate surface area is 117 Å². The largest absolute Gasteiger partial charge is 0.497 e. The van der Waals surface area contributed by atoms with E-state index in [9.17, 15) is 0 Å². The SMILES string of the molecule is CCC(CC)CC(NC)c1cc(OC)ccc1OC. The first kappa shape index (κ1) is 15.8. The fraction of sp³-hybridized carbons (Fsp3) is 0.625. The molecule has 19 heavy (non-hydrogen) atoms. The Bertz CT molecular complexity index is 375. The number of ether oxygens (including phenoxy) is 2. The Hall–Kier alpha value is -1.22. The Kier molecular flexibility index (Phi) is 6.71. The number of hydrogen-bond acceptors (Lipinski definition) is 3. The van der Waals surface area contributed by atoms with Crippen LogP contribution in [-0.4, -0.2) is 21.3 Å². The Morgan fingerprint density at radius 2 is 1.79 bits per heavy atom. The summed E-state index contributed by atoms with van der Waals surface area (Å²) >= 11 is 0. The van der Waals surface area contributed by atoms with E-state index in [1.807, 2.05) is 19.2 Å². The highest BCUT2D eigenvalue weighted by Crippen LogP contribution is 2.33. The molecule has 1 aromatic carbocycles. The monoisotopic (exact) mass is 265 g/mol. The maximum atomic E-state index is 5.48. The summed E-state index contributed by atoms with van der Waals surface area (Å²) in [6, 6.07) is 6.29. The second-order valence-corrected chi connectivity index (χ2v) is 4.87. The molecular weight excluding hydrogens is 238 g/mol. The predicted octanol–water partition coefficient (Wildman–Crippen LogP) is 3.79. The van der Waals surface area contributed by atoms with E-state index >= 15 is 0 Å². The second-order valence-electron chi connectivity index (χ2n) is 4.87. The van der Waals surface area contributed by atoms with Crippen LogP contribution in [0.25, 0.3) is 0 Å². The van der Waals surface area contributed by atoms with Gasteiger partial charge in [-0.3, -0.25) is 0 Å². The number of methoxy groups -OCH3 is 2. The van der Waals surface area contributed by atoms with Crippen molar-refractivity contribution in [3.63, 3.8) is 0 Å². The van der Waals surface area contributed by atoms with E-state index in [4.69, 9.17) is 9.47 Å². The van der Waals surface area contributed by atoms with Crippen molar-refractivity contribution in [2.75, 3.05) is 21.3 Å². The van der Waals surface area contributed by atoms with Crippen LogP contribution in [0.15, 0.2) is 18.2 Å². The van der Waals surface area contributed by atoms with E-state index in [1.165, 1.54) is 18.4 Å². The van der Waals surface area contributed by atoms with Crippen molar-refractivity contribution < 1.29 is 9.47 Å². The topological polar surface area (TPSA) is 30.5 Å². The molecule has 1 rings (SSSR count). The maximum Gasteiger partial charge on any atom is 0.123 e. The molecule has 1 aromatic rings. The zero-order valence-electron chi connectivity index (χ0n) is 12.8. The van der Waals surface area contributed by atoms with E-state index in [2.05, 4.69) is 25.2 Å². The van der Waals surface area contributed by atoms with Crippen molar-refractivity contribution in [2.24, 2.45) is 5.92 Å². The smallest absolute Gasteiger partial charge is 0.123 e. The first-order chi connectivity index (χ1) is 9.19. The Morgan fingerprint density at radius 1 is 1.11 bits per heavy atom. The fourth-order valence-corrected chi connectivity index (χ4v) is 2.47. The van der Waals surface area contributed by atoms with Crippen LogP contribution in [-0.2, 0) is 0 Å². The minimum absolute atomic E-state index is 0.301. The lowest BCUT2D eigenvalue weighted by atomic mass is 9.90. The van der Waals surface area contributed by atoms with Crippen LogP contribution < -0.4 is 14.8 Å². The van der Waals surface area contributed by atoms with E-state index in [0.29, 0.717) is 6.04 Å². The van der Waals surface area contributed by atoms with Crippen molar-refractivity contribution in [2.45, 2.75) is 39.2 Å².